The third-order valence-electron chi connectivity index (χ3n) is 2.77. The Bertz CT molecular complexity index is 601. The molecule has 0 amide bonds. The Hall–Kier alpha value is -2.21. The predicted molar refractivity (Wildman–Crippen MR) is 72.4 cm³/mol. The van der Waals surface area contributed by atoms with Gasteiger partial charge in [0, 0.05) is 30.4 Å². The number of pyridine rings is 1. The zero-order chi connectivity index (χ0) is 13.8. The number of ether oxygens (including phenoxy) is 1. The molecule has 100 valence electrons. The average molecular weight is 261 g/mol. The molecule has 19 heavy (non-hydrogen) atoms. The maximum Gasteiger partial charge on any atom is 0.279 e. The van der Waals surface area contributed by atoms with Gasteiger partial charge in [0.25, 0.3) is 5.69 Å². The Kier molecular flexibility index (Phi) is 3.91. The minimum absolute atomic E-state index is 0.0252. The number of nitrogens with zero attached hydrogens (tertiary/aromatic N) is 2. The van der Waals surface area contributed by atoms with E-state index in [1.54, 1.807) is 18.3 Å². The summed E-state index contributed by atoms with van der Waals surface area (Å²) in [6, 6.07) is 4.81. The van der Waals surface area contributed by atoms with Crippen molar-refractivity contribution in [2.45, 2.75) is 13.0 Å². The van der Waals surface area contributed by atoms with Gasteiger partial charge in [-0.2, -0.15) is 0 Å². The van der Waals surface area contributed by atoms with Crippen LogP contribution < -0.4 is 10.1 Å². The molecule has 0 aliphatic rings. The first kappa shape index (κ1) is 13.2. The highest BCUT2D eigenvalue weighted by atomic mass is 16.6. The zero-order valence-corrected chi connectivity index (χ0v) is 10.8. The van der Waals surface area contributed by atoms with Crippen molar-refractivity contribution in [2.75, 3.05) is 13.6 Å². The van der Waals surface area contributed by atoms with E-state index >= 15 is 0 Å². The van der Waals surface area contributed by atoms with E-state index < -0.39 is 4.92 Å². The highest BCUT2D eigenvalue weighted by Crippen LogP contribution is 2.32. The first-order valence-electron chi connectivity index (χ1n) is 5.96. The molecule has 6 nitrogen and oxygen atoms in total. The Morgan fingerprint density at radius 2 is 2.21 bits per heavy atom. The van der Waals surface area contributed by atoms with Gasteiger partial charge in [0.05, 0.1) is 10.3 Å². The molecule has 2 rings (SSSR count). The van der Waals surface area contributed by atoms with Crippen LogP contribution in [0.25, 0.3) is 10.8 Å². The van der Waals surface area contributed by atoms with Crippen molar-refractivity contribution in [3.8, 4) is 5.75 Å². The number of likely N-dealkylation sites (N-methyl/N-ethyl adjacent to an activating group) is 1. The second-order valence-electron chi connectivity index (χ2n) is 4.25. The molecular formula is C13H15N3O3. The van der Waals surface area contributed by atoms with Crippen molar-refractivity contribution in [3.05, 3.63) is 40.7 Å². The smallest absolute Gasteiger partial charge is 0.279 e. The number of nitro benzene ring substituents is 1. The van der Waals surface area contributed by atoms with Gasteiger partial charge >= 0.3 is 0 Å². The molecule has 0 fully saturated rings. The third-order valence-corrected chi connectivity index (χ3v) is 2.77. The topological polar surface area (TPSA) is 77.3 Å². The lowest BCUT2D eigenvalue weighted by molar-refractivity contribution is -0.383. The number of aromatic nitrogens is 1. The van der Waals surface area contributed by atoms with Gasteiger partial charge in [-0.05, 0) is 26.1 Å². The lowest BCUT2D eigenvalue weighted by Crippen LogP contribution is -2.26. The SMILES string of the molecule is CNCC(C)Oc1ccc([N+](=O)[O-])c2cnccc12. The van der Waals surface area contributed by atoms with E-state index in [0.717, 1.165) is 0 Å². The highest BCUT2D eigenvalue weighted by Gasteiger charge is 2.16. The van der Waals surface area contributed by atoms with Gasteiger partial charge in [-0.3, -0.25) is 15.1 Å². The largest absolute Gasteiger partial charge is 0.489 e. The van der Waals surface area contributed by atoms with Crippen LogP contribution in [-0.4, -0.2) is 29.6 Å². The van der Waals surface area contributed by atoms with Crippen LogP contribution in [0.3, 0.4) is 0 Å². The van der Waals surface area contributed by atoms with Gasteiger partial charge in [-0.1, -0.05) is 0 Å². The number of fused-ring (bicyclic) bond motifs is 1. The van der Waals surface area contributed by atoms with E-state index in [4.69, 9.17) is 4.74 Å². The Morgan fingerprint density at radius 3 is 2.89 bits per heavy atom. The van der Waals surface area contributed by atoms with Crippen molar-refractivity contribution in [3.63, 3.8) is 0 Å². The Morgan fingerprint density at radius 1 is 1.42 bits per heavy atom. The van der Waals surface area contributed by atoms with Gasteiger partial charge in [0.15, 0.2) is 0 Å². The van der Waals surface area contributed by atoms with Gasteiger partial charge < -0.3 is 10.1 Å². The van der Waals surface area contributed by atoms with Gasteiger partial charge in [-0.25, -0.2) is 0 Å². The molecule has 0 spiro atoms. The van der Waals surface area contributed by atoms with E-state index in [1.165, 1.54) is 12.3 Å². The first-order chi connectivity index (χ1) is 9.13. The second kappa shape index (κ2) is 5.62. The molecule has 1 atom stereocenters. The van der Waals surface area contributed by atoms with Crippen LogP contribution in [0.5, 0.6) is 5.75 Å². The van der Waals surface area contributed by atoms with Crippen molar-refractivity contribution >= 4 is 16.5 Å². The summed E-state index contributed by atoms with van der Waals surface area (Å²) in [5, 5.41) is 15.2. The standard InChI is InChI=1S/C13H15N3O3/c1-9(7-14-2)19-13-4-3-12(16(17)18)11-8-15-6-5-10(11)13/h3-6,8-9,14H,7H2,1-2H3. The van der Waals surface area contributed by atoms with Gasteiger partial charge in [0.2, 0.25) is 0 Å². The van der Waals surface area contributed by atoms with Crippen LogP contribution in [-0.2, 0) is 0 Å². The monoisotopic (exact) mass is 261 g/mol. The molecular weight excluding hydrogens is 246 g/mol. The van der Waals surface area contributed by atoms with Crippen LogP contribution in [0.2, 0.25) is 0 Å². The summed E-state index contributed by atoms with van der Waals surface area (Å²) in [4.78, 5) is 14.5. The number of nitrogens with one attached hydrogen (secondary N) is 1. The number of hydrogen-bond donors (Lipinski definition) is 1. The molecule has 2 aromatic rings. The zero-order valence-electron chi connectivity index (χ0n) is 10.8. The number of non-ortho nitro benzene ring substituents is 1. The average Bonchev–Trinajstić information content (AvgIpc) is 2.39. The van der Waals surface area contributed by atoms with E-state index in [2.05, 4.69) is 10.3 Å². The van der Waals surface area contributed by atoms with E-state index in [0.29, 0.717) is 23.1 Å². The molecule has 6 heteroatoms. The van der Waals surface area contributed by atoms with E-state index in [-0.39, 0.29) is 11.8 Å². The molecule has 1 unspecified atom stereocenters. The number of nitro groups is 1. The fourth-order valence-electron chi connectivity index (χ4n) is 1.96. The number of benzene rings is 1. The minimum Gasteiger partial charge on any atom is -0.489 e. The molecule has 1 heterocycles. The molecule has 0 aliphatic heterocycles. The molecule has 1 N–H and O–H groups in total. The van der Waals surface area contributed by atoms with Crippen LogP contribution in [0.1, 0.15) is 6.92 Å². The molecule has 0 aliphatic carbocycles. The van der Waals surface area contributed by atoms with Gasteiger partial charge in [0.1, 0.15) is 11.9 Å². The summed E-state index contributed by atoms with van der Waals surface area (Å²) < 4.78 is 5.79. The summed E-state index contributed by atoms with van der Waals surface area (Å²) in [6.45, 7) is 2.63. The van der Waals surface area contributed by atoms with Gasteiger partial charge in [-0.15, -0.1) is 0 Å². The third kappa shape index (κ3) is 2.79. The summed E-state index contributed by atoms with van der Waals surface area (Å²) in [6.07, 6.45) is 3.06. The molecule has 0 saturated carbocycles. The normalized spacial score (nSPS) is 12.3. The maximum atomic E-state index is 11.0. The summed E-state index contributed by atoms with van der Waals surface area (Å²) >= 11 is 0. The summed E-state index contributed by atoms with van der Waals surface area (Å²) in [7, 11) is 1.84. The summed E-state index contributed by atoms with van der Waals surface area (Å²) in [5.41, 5.74) is 0.0386. The molecule has 1 aromatic carbocycles. The van der Waals surface area contributed by atoms with Crippen molar-refractivity contribution in [2.24, 2.45) is 0 Å². The second-order valence-corrected chi connectivity index (χ2v) is 4.25. The van der Waals surface area contributed by atoms with Crippen LogP contribution in [0, 0.1) is 10.1 Å². The van der Waals surface area contributed by atoms with Crippen LogP contribution >= 0.6 is 0 Å². The lowest BCUT2D eigenvalue weighted by Gasteiger charge is -2.15. The highest BCUT2D eigenvalue weighted by molar-refractivity contribution is 5.94. The minimum atomic E-state index is -0.412. The van der Waals surface area contributed by atoms with E-state index in [9.17, 15) is 10.1 Å². The molecule has 0 radical (unpaired) electrons. The van der Waals surface area contributed by atoms with Crippen LogP contribution in [0.15, 0.2) is 30.6 Å². The van der Waals surface area contributed by atoms with Crippen LogP contribution in [0.4, 0.5) is 5.69 Å². The molecule has 0 bridgehead atoms. The predicted octanol–water partition coefficient (Wildman–Crippen LogP) is 2.13. The number of rotatable bonds is 5. The fraction of sp³-hybridized carbons (Fsp3) is 0.308. The number of hydrogen-bond acceptors (Lipinski definition) is 5. The fourth-order valence-corrected chi connectivity index (χ4v) is 1.96. The van der Waals surface area contributed by atoms with E-state index in [1.807, 2.05) is 14.0 Å². The quantitative estimate of drug-likeness (QED) is 0.659. The lowest BCUT2D eigenvalue weighted by atomic mass is 10.1. The maximum absolute atomic E-state index is 11.0. The van der Waals surface area contributed by atoms with Crippen molar-refractivity contribution < 1.29 is 9.66 Å². The van der Waals surface area contributed by atoms with Crippen molar-refractivity contribution in [1.29, 1.82) is 0 Å². The summed E-state index contributed by atoms with van der Waals surface area (Å²) in [5.74, 6) is 0.630. The molecule has 0 saturated heterocycles. The molecule has 1 aromatic heterocycles. The van der Waals surface area contributed by atoms with Crippen molar-refractivity contribution in [1.82, 2.24) is 10.3 Å². The Labute approximate surface area is 110 Å². The Balaban J connectivity index is 2.46. The first-order valence-corrected chi connectivity index (χ1v) is 5.96.